The van der Waals surface area contributed by atoms with Crippen LogP contribution in [0.15, 0.2) is 0 Å². The van der Waals surface area contributed by atoms with Crippen LogP contribution in [-0.4, -0.2) is 36.6 Å². The second kappa shape index (κ2) is 8.97. The van der Waals surface area contributed by atoms with Crippen molar-refractivity contribution in [2.75, 3.05) is 26.2 Å². The summed E-state index contributed by atoms with van der Waals surface area (Å²) in [6.45, 7) is 14.2. The molecule has 1 unspecified atom stereocenters. The van der Waals surface area contributed by atoms with Crippen LogP contribution in [0.1, 0.15) is 72.6 Å². The Morgan fingerprint density at radius 2 is 1.74 bits per heavy atom. The summed E-state index contributed by atoms with van der Waals surface area (Å²) in [6.07, 6.45) is 9.88. The minimum absolute atomic E-state index is 0.271. The van der Waals surface area contributed by atoms with E-state index in [0.29, 0.717) is 0 Å². The van der Waals surface area contributed by atoms with E-state index in [2.05, 4.69) is 37.9 Å². The van der Waals surface area contributed by atoms with Gasteiger partial charge in [-0.3, -0.25) is 0 Å². The lowest BCUT2D eigenvalue weighted by Crippen LogP contribution is -2.39. The van der Waals surface area contributed by atoms with Crippen LogP contribution >= 0.6 is 0 Å². The highest BCUT2D eigenvalue weighted by molar-refractivity contribution is 4.80. The fraction of sp³-hybridized carbons (Fsp3) is 1.00. The van der Waals surface area contributed by atoms with Gasteiger partial charge in [0.2, 0.25) is 0 Å². The van der Waals surface area contributed by atoms with E-state index in [-0.39, 0.29) is 5.54 Å². The van der Waals surface area contributed by atoms with Gasteiger partial charge in [-0.05, 0) is 59.2 Å². The first kappa shape index (κ1) is 17.0. The fourth-order valence-corrected chi connectivity index (χ4v) is 2.85. The number of hydrogen-bond donors (Lipinski definition) is 1. The first-order chi connectivity index (χ1) is 9.01. The maximum absolute atomic E-state index is 3.65. The molecule has 0 radical (unpaired) electrons. The van der Waals surface area contributed by atoms with E-state index >= 15 is 0 Å². The molecule has 2 heteroatoms. The summed E-state index contributed by atoms with van der Waals surface area (Å²) in [5.74, 6) is 0.874. The lowest BCUT2D eigenvalue weighted by molar-refractivity contribution is 0.304. The highest BCUT2D eigenvalue weighted by atomic mass is 15.1. The highest BCUT2D eigenvalue weighted by Gasteiger charge is 2.23. The third-order valence-corrected chi connectivity index (χ3v) is 4.12. The van der Waals surface area contributed by atoms with Gasteiger partial charge in [0, 0.05) is 12.1 Å². The van der Waals surface area contributed by atoms with E-state index in [1.807, 2.05) is 0 Å². The van der Waals surface area contributed by atoms with E-state index in [0.717, 1.165) is 5.92 Å². The van der Waals surface area contributed by atoms with Gasteiger partial charge in [0.1, 0.15) is 0 Å². The first-order valence-electron chi connectivity index (χ1n) is 8.48. The molecule has 1 saturated heterocycles. The Labute approximate surface area is 121 Å². The SMILES string of the molecule is CCCCCCCCN1CCC(CNC(C)(C)C)C1. The quantitative estimate of drug-likeness (QED) is 0.635. The Bertz CT molecular complexity index is 220. The molecule has 0 aromatic carbocycles. The second-order valence-corrected chi connectivity index (χ2v) is 7.35. The molecular formula is C17H36N2. The van der Waals surface area contributed by atoms with Crippen LogP contribution in [0.25, 0.3) is 0 Å². The maximum atomic E-state index is 3.65. The predicted octanol–water partition coefficient (Wildman–Crippen LogP) is 4.06. The minimum atomic E-state index is 0.271. The molecule has 1 N–H and O–H groups in total. The average Bonchev–Trinajstić information content (AvgIpc) is 2.78. The molecular weight excluding hydrogens is 232 g/mol. The van der Waals surface area contributed by atoms with Crippen molar-refractivity contribution >= 4 is 0 Å². The lowest BCUT2D eigenvalue weighted by atomic mass is 10.1. The number of unbranched alkanes of at least 4 members (excludes halogenated alkanes) is 5. The van der Waals surface area contributed by atoms with Crippen molar-refractivity contribution in [3.8, 4) is 0 Å². The van der Waals surface area contributed by atoms with Crippen molar-refractivity contribution in [3.05, 3.63) is 0 Å². The summed E-state index contributed by atoms with van der Waals surface area (Å²) in [4.78, 5) is 2.68. The molecule has 0 saturated carbocycles. The number of likely N-dealkylation sites (tertiary alicyclic amines) is 1. The van der Waals surface area contributed by atoms with E-state index < -0.39 is 0 Å². The molecule has 0 aromatic rings. The first-order valence-corrected chi connectivity index (χ1v) is 8.48. The zero-order valence-electron chi connectivity index (χ0n) is 13.8. The van der Waals surface area contributed by atoms with Gasteiger partial charge in [-0.2, -0.15) is 0 Å². The largest absolute Gasteiger partial charge is 0.312 e. The molecule has 1 aliphatic heterocycles. The lowest BCUT2D eigenvalue weighted by Gasteiger charge is -2.23. The Hall–Kier alpha value is -0.0800. The van der Waals surface area contributed by atoms with Crippen molar-refractivity contribution < 1.29 is 0 Å². The molecule has 0 amide bonds. The molecule has 1 rings (SSSR count). The van der Waals surface area contributed by atoms with Crippen LogP contribution < -0.4 is 5.32 Å². The van der Waals surface area contributed by atoms with Crippen LogP contribution in [0.3, 0.4) is 0 Å². The summed E-state index contributed by atoms with van der Waals surface area (Å²) in [5.41, 5.74) is 0.271. The van der Waals surface area contributed by atoms with Crippen LogP contribution in [0.2, 0.25) is 0 Å². The van der Waals surface area contributed by atoms with E-state index in [1.54, 1.807) is 0 Å². The molecule has 0 aromatic heterocycles. The van der Waals surface area contributed by atoms with Gasteiger partial charge in [0.15, 0.2) is 0 Å². The number of nitrogens with zero attached hydrogens (tertiary/aromatic N) is 1. The Balaban J connectivity index is 1.99. The van der Waals surface area contributed by atoms with Crippen LogP contribution in [0.4, 0.5) is 0 Å². The molecule has 19 heavy (non-hydrogen) atoms. The summed E-state index contributed by atoms with van der Waals surface area (Å²) in [7, 11) is 0. The average molecular weight is 268 g/mol. The zero-order chi connectivity index (χ0) is 14.1. The third kappa shape index (κ3) is 8.65. The molecule has 1 heterocycles. The third-order valence-electron chi connectivity index (χ3n) is 4.12. The van der Waals surface area contributed by atoms with E-state index in [1.165, 1.54) is 71.1 Å². The van der Waals surface area contributed by atoms with Crippen molar-refractivity contribution in [3.63, 3.8) is 0 Å². The monoisotopic (exact) mass is 268 g/mol. The summed E-state index contributed by atoms with van der Waals surface area (Å²) in [6, 6.07) is 0. The van der Waals surface area contributed by atoms with E-state index in [4.69, 9.17) is 0 Å². The van der Waals surface area contributed by atoms with Gasteiger partial charge in [-0.15, -0.1) is 0 Å². The maximum Gasteiger partial charge on any atom is 0.00966 e. The topological polar surface area (TPSA) is 15.3 Å². The summed E-state index contributed by atoms with van der Waals surface area (Å²) in [5, 5.41) is 3.65. The molecule has 0 spiro atoms. The fourth-order valence-electron chi connectivity index (χ4n) is 2.85. The number of nitrogens with one attached hydrogen (secondary N) is 1. The van der Waals surface area contributed by atoms with Gasteiger partial charge in [-0.1, -0.05) is 39.0 Å². The van der Waals surface area contributed by atoms with Gasteiger partial charge in [0.05, 0.1) is 0 Å². The number of hydrogen-bond acceptors (Lipinski definition) is 2. The minimum Gasteiger partial charge on any atom is -0.312 e. The van der Waals surface area contributed by atoms with Crippen molar-refractivity contribution in [2.24, 2.45) is 5.92 Å². The predicted molar refractivity (Wildman–Crippen MR) is 85.7 cm³/mol. The Morgan fingerprint density at radius 3 is 2.42 bits per heavy atom. The van der Waals surface area contributed by atoms with Crippen molar-refractivity contribution in [2.45, 2.75) is 78.2 Å². The molecule has 0 aliphatic carbocycles. The van der Waals surface area contributed by atoms with Gasteiger partial charge < -0.3 is 10.2 Å². The van der Waals surface area contributed by atoms with Crippen molar-refractivity contribution in [1.29, 1.82) is 0 Å². The normalized spacial score (nSPS) is 21.2. The molecule has 2 nitrogen and oxygen atoms in total. The van der Waals surface area contributed by atoms with Crippen molar-refractivity contribution in [1.82, 2.24) is 10.2 Å². The van der Waals surface area contributed by atoms with Gasteiger partial charge in [-0.25, -0.2) is 0 Å². The molecule has 1 aliphatic rings. The molecule has 1 fully saturated rings. The summed E-state index contributed by atoms with van der Waals surface area (Å²) >= 11 is 0. The summed E-state index contributed by atoms with van der Waals surface area (Å²) < 4.78 is 0. The van der Waals surface area contributed by atoms with Crippen LogP contribution in [0.5, 0.6) is 0 Å². The standard InChI is InChI=1S/C17H36N2/c1-5-6-7-8-9-10-12-19-13-11-16(15-19)14-18-17(2,3)4/h16,18H,5-15H2,1-4H3. The van der Waals surface area contributed by atoms with Gasteiger partial charge in [0.25, 0.3) is 0 Å². The Morgan fingerprint density at radius 1 is 1.05 bits per heavy atom. The van der Waals surface area contributed by atoms with Gasteiger partial charge >= 0.3 is 0 Å². The van der Waals surface area contributed by atoms with Crippen LogP contribution in [-0.2, 0) is 0 Å². The zero-order valence-corrected chi connectivity index (χ0v) is 13.8. The second-order valence-electron chi connectivity index (χ2n) is 7.35. The highest BCUT2D eigenvalue weighted by Crippen LogP contribution is 2.17. The van der Waals surface area contributed by atoms with Crippen LogP contribution in [0, 0.1) is 5.92 Å². The molecule has 0 bridgehead atoms. The molecule has 114 valence electrons. The van der Waals surface area contributed by atoms with E-state index in [9.17, 15) is 0 Å². The number of rotatable bonds is 9. The Kier molecular flexibility index (Phi) is 8.01. The molecule has 1 atom stereocenters. The smallest absolute Gasteiger partial charge is 0.00966 e.